The number of amides is 1. The van der Waals surface area contributed by atoms with Gasteiger partial charge in [0.1, 0.15) is 0 Å². The number of benzene rings is 1. The lowest BCUT2D eigenvalue weighted by atomic mass is 9.92. The monoisotopic (exact) mass is 375 g/mol. The van der Waals surface area contributed by atoms with Gasteiger partial charge in [-0.25, -0.2) is 8.42 Å². The topological polar surface area (TPSA) is 92.5 Å². The van der Waals surface area contributed by atoms with Crippen LogP contribution in [0.2, 0.25) is 0 Å². The van der Waals surface area contributed by atoms with Gasteiger partial charge in [-0.05, 0) is 50.3 Å². The van der Waals surface area contributed by atoms with Crippen molar-refractivity contribution in [3.05, 3.63) is 29.3 Å². The quantitative estimate of drug-likeness (QED) is 0.841. The number of carbonyl (C=O) groups is 1. The van der Waals surface area contributed by atoms with Gasteiger partial charge in [-0.15, -0.1) is 12.4 Å². The normalized spacial score (nSPS) is 19.3. The number of sulfonamides is 1. The van der Waals surface area contributed by atoms with E-state index < -0.39 is 10.0 Å². The number of hydrogen-bond acceptors (Lipinski definition) is 4. The van der Waals surface area contributed by atoms with Crippen LogP contribution >= 0.6 is 12.4 Å². The number of piperidine rings is 1. The van der Waals surface area contributed by atoms with E-state index in [0.717, 1.165) is 24.7 Å². The maximum atomic E-state index is 12.7. The standard InChI is InChI=1S/C16H25N3O3S.ClH/c1-11-6-7-13(9-15(11)18-23(3,21)22)16(20)19-8-4-5-14(10-19)12(2)17;/h6-7,9,12,14,18H,4-5,8,10,17H2,1-3H3;1H. The maximum Gasteiger partial charge on any atom is 0.253 e. The largest absolute Gasteiger partial charge is 0.338 e. The molecule has 1 aromatic rings. The first-order valence-corrected chi connectivity index (χ1v) is 9.70. The minimum absolute atomic E-state index is 0. The predicted octanol–water partition coefficient (Wildman–Crippen LogP) is 1.99. The number of anilines is 1. The summed E-state index contributed by atoms with van der Waals surface area (Å²) < 4.78 is 25.3. The van der Waals surface area contributed by atoms with Crippen molar-refractivity contribution in [1.82, 2.24) is 4.90 Å². The Morgan fingerprint density at radius 1 is 1.42 bits per heavy atom. The molecule has 6 nitrogen and oxygen atoms in total. The SMILES string of the molecule is Cc1ccc(C(=O)N2CCCC(C(C)N)C2)cc1NS(C)(=O)=O.Cl. The zero-order chi connectivity index (χ0) is 17.2. The highest BCUT2D eigenvalue weighted by Crippen LogP contribution is 2.23. The van der Waals surface area contributed by atoms with Crippen molar-refractivity contribution < 1.29 is 13.2 Å². The van der Waals surface area contributed by atoms with Crippen LogP contribution in [0.1, 0.15) is 35.7 Å². The number of rotatable bonds is 4. The smallest absolute Gasteiger partial charge is 0.253 e. The van der Waals surface area contributed by atoms with Gasteiger partial charge in [-0.2, -0.15) is 0 Å². The van der Waals surface area contributed by atoms with Crippen molar-refractivity contribution in [2.24, 2.45) is 11.7 Å². The molecule has 0 radical (unpaired) electrons. The first-order chi connectivity index (χ1) is 10.7. The second-order valence-corrected chi connectivity index (χ2v) is 8.16. The van der Waals surface area contributed by atoms with Gasteiger partial charge in [0.05, 0.1) is 11.9 Å². The van der Waals surface area contributed by atoms with Crippen molar-refractivity contribution >= 4 is 34.0 Å². The number of nitrogens with one attached hydrogen (secondary N) is 1. The van der Waals surface area contributed by atoms with Gasteiger partial charge in [0.15, 0.2) is 0 Å². The number of nitrogens with zero attached hydrogens (tertiary/aromatic N) is 1. The van der Waals surface area contributed by atoms with Crippen LogP contribution in [-0.2, 0) is 10.0 Å². The molecule has 1 heterocycles. The fourth-order valence-corrected chi connectivity index (χ4v) is 3.49. The molecule has 0 aromatic heterocycles. The van der Waals surface area contributed by atoms with Crippen LogP contribution in [0.5, 0.6) is 0 Å². The minimum Gasteiger partial charge on any atom is -0.338 e. The summed E-state index contributed by atoms with van der Waals surface area (Å²) in [4.78, 5) is 14.5. The van der Waals surface area contributed by atoms with Crippen molar-refractivity contribution in [3.8, 4) is 0 Å². The van der Waals surface area contributed by atoms with E-state index in [9.17, 15) is 13.2 Å². The van der Waals surface area contributed by atoms with E-state index in [4.69, 9.17) is 5.73 Å². The summed E-state index contributed by atoms with van der Waals surface area (Å²) >= 11 is 0. The van der Waals surface area contributed by atoms with E-state index in [1.807, 2.05) is 11.8 Å². The van der Waals surface area contributed by atoms with Crippen molar-refractivity contribution in [2.75, 3.05) is 24.1 Å². The van der Waals surface area contributed by atoms with Gasteiger partial charge in [-0.3, -0.25) is 9.52 Å². The fraction of sp³-hybridized carbons (Fsp3) is 0.562. The van der Waals surface area contributed by atoms with Crippen LogP contribution in [0, 0.1) is 12.8 Å². The van der Waals surface area contributed by atoms with E-state index in [0.29, 0.717) is 30.3 Å². The molecule has 2 rings (SSSR count). The summed E-state index contributed by atoms with van der Waals surface area (Å²) in [6, 6.07) is 5.16. The van der Waals surface area contributed by atoms with E-state index in [1.54, 1.807) is 25.1 Å². The van der Waals surface area contributed by atoms with Gasteiger partial charge in [0, 0.05) is 24.7 Å². The van der Waals surface area contributed by atoms with Crippen LogP contribution in [0.4, 0.5) is 5.69 Å². The number of hydrogen-bond donors (Lipinski definition) is 2. The Morgan fingerprint density at radius 3 is 2.67 bits per heavy atom. The molecule has 1 aliphatic rings. The van der Waals surface area contributed by atoms with E-state index in [2.05, 4.69) is 4.72 Å². The average Bonchev–Trinajstić information content (AvgIpc) is 2.47. The summed E-state index contributed by atoms with van der Waals surface area (Å²) in [6.45, 7) is 5.14. The third kappa shape index (κ3) is 5.36. The highest BCUT2D eigenvalue weighted by atomic mass is 35.5. The van der Waals surface area contributed by atoms with Crippen LogP contribution in [0.25, 0.3) is 0 Å². The number of aryl methyl sites for hydroxylation is 1. The zero-order valence-electron chi connectivity index (χ0n) is 14.3. The Kier molecular flexibility index (Phi) is 7.07. The molecule has 0 aliphatic carbocycles. The Morgan fingerprint density at radius 2 is 2.08 bits per heavy atom. The first-order valence-electron chi connectivity index (χ1n) is 7.80. The Bertz CT molecular complexity index is 692. The number of halogens is 1. The molecule has 0 bridgehead atoms. The fourth-order valence-electron chi connectivity index (χ4n) is 2.87. The highest BCUT2D eigenvalue weighted by Gasteiger charge is 2.26. The Balaban J connectivity index is 0.00000288. The van der Waals surface area contributed by atoms with Crippen molar-refractivity contribution in [3.63, 3.8) is 0 Å². The van der Waals surface area contributed by atoms with Crippen LogP contribution in [0.3, 0.4) is 0 Å². The molecule has 1 amide bonds. The van der Waals surface area contributed by atoms with Gasteiger partial charge < -0.3 is 10.6 Å². The predicted molar refractivity (Wildman–Crippen MR) is 99.2 cm³/mol. The number of carbonyl (C=O) groups excluding carboxylic acids is 1. The third-order valence-electron chi connectivity index (χ3n) is 4.27. The first kappa shape index (κ1) is 20.7. The molecule has 2 unspecified atom stereocenters. The summed E-state index contributed by atoms with van der Waals surface area (Å²) in [5.74, 6) is 0.235. The van der Waals surface area contributed by atoms with Crippen molar-refractivity contribution in [1.29, 1.82) is 0 Å². The van der Waals surface area contributed by atoms with E-state index >= 15 is 0 Å². The summed E-state index contributed by atoms with van der Waals surface area (Å²) in [6.07, 6.45) is 3.08. The molecule has 136 valence electrons. The van der Waals surface area contributed by atoms with Gasteiger partial charge in [0.25, 0.3) is 5.91 Å². The molecular weight excluding hydrogens is 350 g/mol. The molecule has 3 N–H and O–H groups in total. The molecule has 1 saturated heterocycles. The Labute approximate surface area is 150 Å². The number of nitrogens with two attached hydrogens (primary N) is 1. The molecule has 1 fully saturated rings. The summed E-state index contributed by atoms with van der Waals surface area (Å²) in [5, 5.41) is 0. The lowest BCUT2D eigenvalue weighted by molar-refractivity contribution is 0.0661. The maximum absolute atomic E-state index is 12.7. The van der Waals surface area contributed by atoms with Gasteiger partial charge in [0.2, 0.25) is 10.0 Å². The summed E-state index contributed by atoms with van der Waals surface area (Å²) in [5.41, 5.74) is 7.68. The molecule has 1 aromatic carbocycles. The van der Waals surface area contributed by atoms with Gasteiger partial charge >= 0.3 is 0 Å². The molecule has 2 atom stereocenters. The summed E-state index contributed by atoms with van der Waals surface area (Å²) in [7, 11) is -3.38. The molecule has 8 heteroatoms. The highest BCUT2D eigenvalue weighted by molar-refractivity contribution is 7.92. The van der Waals surface area contributed by atoms with E-state index in [-0.39, 0.29) is 24.4 Å². The lowest BCUT2D eigenvalue weighted by Gasteiger charge is -2.34. The molecule has 0 spiro atoms. The second kappa shape index (κ2) is 8.18. The molecule has 0 saturated carbocycles. The minimum atomic E-state index is -3.38. The Hall–Kier alpha value is -1.31. The number of likely N-dealkylation sites (tertiary alicyclic amines) is 1. The third-order valence-corrected chi connectivity index (χ3v) is 4.86. The van der Waals surface area contributed by atoms with Crippen molar-refractivity contribution in [2.45, 2.75) is 32.7 Å². The average molecular weight is 376 g/mol. The van der Waals surface area contributed by atoms with Gasteiger partial charge in [-0.1, -0.05) is 6.07 Å². The second-order valence-electron chi connectivity index (χ2n) is 6.42. The molecule has 24 heavy (non-hydrogen) atoms. The molecule has 1 aliphatic heterocycles. The van der Waals surface area contributed by atoms with Crippen LogP contribution < -0.4 is 10.5 Å². The lowest BCUT2D eigenvalue weighted by Crippen LogP contribution is -2.45. The van der Waals surface area contributed by atoms with Crippen LogP contribution in [-0.4, -0.2) is 44.6 Å². The zero-order valence-corrected chi connectivity index (χ0v) is 15.9. The van der Waals surface area contributed by atoms with E-state index in [1.165, 1.54) is 0 Å². The van der Waals surface area contributed by atoms with Crippen LogP contribution in [0.15, 0.2) is 18.2 Å². The molecular formula is C16H26ClN3O3S.